The lowest BCUT2D eigenvalue weighted by atomic mass is 9.80. The maximum atomic E-state index is 12.1. The van der Waals surface area contributed by atoms with E-state index >= 15 is 0 Å². The minimum Gasteiger partial charge on any atom is -0.355 e. The van der Waals surface area contributed by atoms with Crippen LogP contribution < -0.4 is 11.1 Å². The summed E-state index contributed by atoms with van der Waals surface area (Å²) in [6, 6.07) is 0.474. The number of carbonyl (C=O) groups is 1. The molecule has 21 heavy (non-hydrogen) atoms. The molecule has 1 saturated carbocycles. The van der Waals surface area contributed by atoms with Crippen LogP contribution in [-0.2, 0) is 4.79 Å². The van der Waals surface area contributed by atoms with Crippen molar-refractivity contribution in [2.24, 2.45) is 17.6 Å². The Labute approximate surface area is 129 Å². The number of nitrogens with two attached hydrogens (primary N) is 1. The van der Waals surface area contributed by atoms with Gasteiger partial charge in [-0.1, -0.05) is 6.42 Å². The zero-order valence-electron chi connectivity index (χ0n) is 13.7. The van der Waals surface area contributed by atoms with Crippen LogP contribution in [0.2, 0.25) is 0 Å². The fourth-order valence-electron chi connectivity index (χ4n) is 3.76. The van der Waals surface area contributed by atoms with Gasteiger partial charge < -0.3 is 11.1 Å². The van der Waals surface area contributed by atoms with Crippen molar-refractivity contribution in [3.8, 4) is 0 Å². The van der Waals surface area contributed by atoms with E-state index in [0.29, 0.717) is 24.3 Å². The number of likely N-dealkylation sites (tertiary alicyclic amines) is 1. The van der Waals surface area contributed by atoms with Crippen LogP contribution in [0, 0.1) is 11.8 Å². The van der Waals surface area contributed by atoms with Gasteiger partial charge in [-0.25, -0.2) is 0 Å². The van der Waals surface area contributed by atoms with E-state index in [2.05, 4.69) is 17.1 Å². The van der Waals surface area contributed by atoms with E-state index in [-0.39, 0.29) is 5.91 Å². The molecule has 0 spiro atoms. The van der Waals surface area contributed by atoms with Gasteiger partial charge in [0, 0.05) is 19.0 Å². The average molecular weight is 295 g/mol. The van der Waals surface area contributed by atoms with Gasteiger partial charge in [0.1, 0.15) is 0 Å². The van der Waals surface area contributed by atoms with Crippen LogP contribution in [0.4, 0.5) is 0 Å². The molecule has 1 aliphatic carbocycles. The SMILES string of the molecule is CC(CNC(=O)CC1CCC(CN)CC1)N1CCCCC1. The molecule has 0 aromatic rings. The molecule has 0 radical (unpaired) electrons. The second-order valence-electron chi connectivity index (χ2n) is 7.08. The highest BCUT2D eigenvalue weighted by Gasteiger charge is 2.23. The summed E-state index contributed by atoms with van der Waals surface area (Å²) in [7, 11) is 0. The van der Waals surface area contributed by atoms with Gasteiger partial charge in [-0.05, 0) is 76.9 Å². The van der Waals surface area contributed by atoms with E-state index < -0.39 is 0 Å². The van der Waals surface area contributed by atoms with E-state index in [4.69, 9.17) is 5.73 Å². The molecular weight excluding hydrogens is 262 g/mol. The van der Waals surface area contributed by atoms with Crippen molar-refractivity contribution in [3.63, 3.8) is 0 Å². The van der Waals surface area contributed by atoms with E-state index in [1.807, 2.05) is 0 Å². The second kappa shape index (κ2) is 8.74. The molecule has 4 heteroatoms. The Morgan fingerprint density at radius 1 is 1.14 bits per heavy atom. The van der Waals surface area contributed by atoms with Gasteiger partial charge in [0.15, 0.2) is 0 Å². The Balaban J connectivity index is 1.61. The van der Waals surface area contributed by atoms with Crippen molar-refractivity contribution < 1.29 is 4.79 Å². The van der Waals surface area contributed by atoms with E-state index in [1.54, 1.807) is 0 Å². The number of amides is 1. The zero-order valence-corrected chi connectivity index (χ0v) is 13.7. The number of hydrogen-bond acceptors (Lipinski definition) is 3. The molecule has 4 nitrogen and oxygen atoms in total. The molecule has 0 aromatic heterocycles. The summed E-state index contributed by atoms with van der Waals surface area (Å²) in [6.07, 6.45) is 9.46. The van der Waals surface area contributed by atoms with Crippen molar-refractivity contribution in [3.05, 3.63) is 0 Å². The van der Waals surface area contributed by atoms with Gasteiger partial charge in [-0.3, -0.25) is 9.69 Å². The molecular formula is C17H33N3O. The lowest BCUT2D eigenvalue weighted by Gasteiger charge is -2.32. The first-order valence-corrected chi connectivity index (χ1v) is 8.90. The number of nitrogens with one attached hydrogen (secondary N) is 1. The largest absolute Gasteiger partial charge is 0.355 e. The third kappa shape index (κ3) is 5.59. The number of carbonyl (C=O) groups excluding carboxylic acids is 1. The van der Waals surface area contributed by atoms with Crippen molar-refractivity contribution in [1.82, 2.24) is 10.2 Å². The van der Waals surface area contributed by atoms with Crippen molar-refractivity contribution in [2.45, 2.75) is 64.3 Å². The van der Waals surface area contributed by atoms with Gasteiger partial charge in [-0.15, -0.1) is 0 Å². The molecule has 1 aliphatic heterocycles. The minimum absolute atomic E-state index is 0.245. The van der Waals surface area contributed by atoms with Crippen LogP contribution in [-0.4, -0.2) is 43.0 Å². The van der Waals surface area contributed by atoms with Crippen LogP contribution in [0.1, 0.15) is 58.3 Å². The monoisotopic (exact) mass is 295 g/mol. The van der Waals surface area contributed by atoms with E-state index in [0.717, 1.165) is 13.1 Å². The van der Waals surface area contributed by atoms with Crippen LogP contribution >= 0.6 is 0 Å². The third-order valence-electron chi connectivity index (χ3n) is 5.38. The Kier molecular flexibility index (Phi) is 6.97. The zero-order chi connectivity index (χ0) is 15.1. The van der Waals surface area contributed by atoms with E-state index in [9.17, 15) is 4.79 Å². The molecule has 3 N–H and O–H groups in total. The molecule has 2 rings (SSSR count). The smallest absolute Gasteiger partial charge is 0.220 e. The fourth-order valence-corrected chi connectivity index (χ4v) is 3.76. The summed E-state index contributed by atoms with van der Waals surface area (Å²) in [5.41, 5.74) is 5.72. The fraction of sp³-hybridized carbons (Fsp3) is 0.941. The van der Waals surface area contributed by atoms with Crippen molar-refractivity contribution in [1.29, 1.82) is 0 Å². The van der Waals surface area contributed by atoms with Gasteiger partial charge in [0.05, 0.1) is 0 Å². The molecule has 1 amide bonds. The molecule has 2 aliphatic rings. The van der Waals surface area contributed by atoms with Gasteiger partial charge in [-0.2, -0.15) is 0 Å². The van der Waals surface area contributed by atoms with Crippen molar-refractivity contribution in [2.75, 3.05) is 26.2 Å². The highest BCUT2D eigenvalue weighted by atomic mass is 16.1. The molecule has 1 unspecified atom stereocenters. The summed E-state index contributed by atoms with van der Waals surface area (Å²) in [5, 5.41) is 3.15. The lowest BCUT2D eigenvalue weighted by molar-refractivity contribution is -0.122. The Hall–Kier alpha value is -0.610. The Bertz CT molecular complexity index is 307. The normalized spacial score (nSPS) is 29.0. The third-order valence-corrected chi connectivity index (χ3v) is 5.38. The number of rotatable bonds is 6. The standard InChI is InChI=1S/C17H33N3O/c1-14(20-9-3-2-4-10-20)13-19-17(21)11-15-5-7-16(12-18)8-6-15/h14-16H,2-13,18H2,1H3,(H,19,21). The van der Waals surface area contributed by atoms with Gasteiger partial charge >= 0.3 is 0 Å². The summed E-state index contributed by atoms with van der Waals surface area (Å²) < 4.78 is 0. The summed E-state index contributed by atoms with van der Waals surface area (Å²) in [4.78, 5) is 14.6. The lowest BCUT2D eigenvalue weighted by Crippen LogP contribution is -2.44. The van der Waals surface area contributed by atoms with Crippen LogP contribution in [0.3, 0.4) is 0 Å². The quantitative estimate of drug-likeness (QED) is 0.789. The molecule has 0 bridgehead atoms. The molecule has 2 fully saturated rings. The Morgan fingerprint density at radius 2 is 1.76 bits per heavy atom. The summed E-state index contributed by atoms with van der Waals surface area (Å²) in [6.45, 7) is 6.24. The Morgan fingerprint density at radius 3 is 2.38 bits per heavy atom. The summed E-state index contributed by atoms with van der Waals surface area (Å²) in [5.74, 6) is 1.52. The molecule has 1 atom stereocenters. The second-order valence-corrected chi connectivity index (χ2v) is 7.08. The maximum absolute atomic E-state index is 12.1. The molecule has 1 heterocycles. The van der Waals surface area contributed by atoms with E-state index in [1.165, 1.54) is 58.0 Å². The molecule has 1 saturated heterocycles. The van der Waals surface area contributed by atoms with Crippen LogP contribution in [0.5, 0.6) is 0 Å². The minimum atomic E-state index is 0.245. The predicted octanol–water partition coefficient (Wildman–Crippen LogP) is 2.13. The molecule has 0 aromatic carbocycles. The van der Waals surface area contributed by atoms with Crippen molar-refractivity contribution >= 4 is 5.91 Å². The maximum Gasteiger partial charge on any atom is 0.220 e. The first-order chi connectivity index (χ1) is 10.2. The first-order valence-electron chi connectivity index (χ1n) is 8.90. The van der Waals surface area contributed by atoms with Gasteiger partial charge in [0.25, 0.3) is 0 Å². The molecule has 122 valence electrons. The summed E-state index contributed by atoms with van der Waals surface area (Å²) >= 11 is 0. The highest BCUT2D eigenvalue weighted by Crippen LogP contribution is 2.30. The number of nitrogens with zero attached hydrogens (tertiary/aromatic N) is 1. The number of hydrogen-bond donors (Lipinski definition) is 2. The van der Waals surface area contributed by atoms with Crippen LogP contribution in [0.25, 0.3) is 0 Å². The number of piperidine rings is 1. The van der Waals surface area contributed by atoms with Gasteiger partial charge in [0.2, 0.25) is 5.91 Å². The highest BCUT2D eigenvalue weighted by molar-refractivity contribution is 5.76. The average Bonchev–Trinajstić information content (AvgIpc) is 2.54. The van der Waals surface area contributed by atoms with Crippen LogP contribution in [0.15, 0.2) is 0 Å². The predicted molar refractivity (Wildman–Crippen MR) is 87.0 cm³/mol. The first kappa shape index (κ1) is 16.8. The topological polar surface area (TPSA) is 58.4 Å².